The average molecular weight is 427 g/mol. The first-order valence-corrected chi connectivity index (χ1v) is 12.1. The van der Waals surface area contributed by atoms with Gasteiger partial charge in [0.1, 0.15) is 10.7 Å². The summed E-state index contributed by atoms with van der Waals surface area (Å²) in [5.74, 6) is 0.197. The van der Waals surface area contributed by atoms with Crippen LogP contribution in [0.5, 0.6) is 0 Å². The van der Waals surface area contributed by atoms with Crippen LogP contribution in [-0.2, 0) is 31.2 Å². The van der Waals surface area contributed by atoms with E-state index in [0.717, 1.165) is 6.26 Å². The fourth-order valence-corrected chi connectivity index (χ4v) is 6.27. The van der Waals surface area contributed by atoms with Gasteiger partial charge in [0.25, 0.3) is 0 Å². The molecular formula is C18H22N2O6S2. The average Bonchev–Trinajstić information content (AvgIpc) is 3.19. The standard InChI is InChI=1S/C18H22N2O6S2/c1-27(22,23)16-6-2-3-7-17(16)28(24,25)20-10-8-14(9-11-20)18(21)19-13-15-5-4-12-26-15/h2-7,12,14H,8-11,13H2,1H3,(H,19,21). The second-order valence-corrected chi connectivity index (χ2v) is 10.6. The van der Waals surface area contributed by atoms with Crippen molar-refractivity contribution in [1.82, 2.24) is 9.62 Å². The van der Waals surface area contributed by atoms with Crippen LogP contribution in [0.3, 0.4) is 0 Å². The highest BCUT2D eigenvalue weighted by Gasteiger charge is 2.34. The number of furan rings is 1. The smallest absolute Gasteiger partial charge is 0.244 e. The van der Waals surface area contributed by atoms with Crippen LogP contribution in [0.25, 0.3) is 0 Å². The first kappa shape index (κ1) is 20.6. The molecule has 1 aromatic carbocycles. The van der Waals surface area contributed by atoms with Gasteiger partial charge in [-0.15, -0.1) is 0 Å². The van der Waals surface area contributed by atoms with Crippen LogP contribution < -0.4 is 5.32 Å². The lowest BCUT2D eigenvalue weighted by Crippen LogP contribution is -2.43. The third kappa shape index (κ3) is 4.45. The van der Waals surface area contributed by atoms with Crippen molar-refractivity contribution in [3.05, 3.63) is 48.4 Å². The van der Waals surface area contributed by atoms with E-state index in [4.69, 9.17) is 4.42 Å². The van der Waals surface area contributed by atoms with Crippen molar-refractivity contribution in [2.75, 3.05) is 19.3 Å². The fraction of sp³-hybridized carbons (Fsp3) is 0.389. The SMILES string of the molecule is CS(=O)(=O)c1ccccc1S(=O)(=O)N1CCC(C(=O)NCc2ccco2)CC1. The summed E-state index contributed by atoms with van der Waals surface area (Å²) in [5.41, 5.74) is 0. The Morgan fingerprint density at radius 1 is 1.07 bits per heavy atom. The van der Waals surface area contributed by atoms with Crippen molar-refractivity contribution in [3.63, 3.8) is 0 Å². The molecular weight excluding hydrogens is 404 g/mol. The number of sulfonamides is 1. The Hall–Kier alpha value is -2.17. The maximum absolute atomic E-state index is 13.0. The van der Waals surface area contributed by atoms with Crippen LogP contribution >= 0.6 is 0 Å². The first-order chi connectivity index (χ1) is 13.2. The molecule has 0 saturated carbocycles. The maximum Gasteiger partial charge on any atom is 0.244 e. The van der Waals surface area contributed by atoms with E-state index in [0.29, 0.717) is 18.6 Å². The van der Waals surface area contributed by atoms with Crippen molar-refractivity contribution < 1.29 is 26.0 Å². The minimum atomic E-state index is -3.97. The quantitative estimate of drug-likeness (QED) is 0.747. The minimum Gasteiger partial charge on any atom is -0.467 e. The van der Waals surface area contributed by atoms with Gasteiger partial charge < -0.3 is 9.73 Å². The van der Waals surface area contributed by atoms with Gasteiger partial charge in [-0.05, 0) is 37.1 Å². The summed E-state index contributed by atoms with van der Waals surface area (Å²) >= 11 is 0. The molecule has 1 aliphatic rings. The topological polar surface area (TPSA) is 114 Å². The number of sulfone groups is 1. The third-order valence-corrected chi connectivity index (χ3v) is 7.95. The predicted octanol–water partition coefficient (Wildman–Crippen LogP) is 1.40. The number of piperidine rings is 1. The van der Waals surface area contributed by atoms with Gasteiger partial charge in [0.05, 0.1) is 17.7 Å². The molecule has 0 aliphatic carbocycles. The molecule has 0 spiro atoms. The maximum atomic E-state index is 13.0. The molecule has 1 aromatic heterocycles. The zero-order valence-electron chi connectivity index (χ0n) is 15.4. The lowest BCUT2D eigenvalue weighted by molar-refractivity contribution is -0.126. The second-order valence-electron chi connectivity index (χ2n) is 6.69. The van der Waals surface area contributed by atoms with Crippen molar-refractivity contribution >= 4 is 25.8 Å². The van der Waals surface area contributed by atoms with E-state index in [2.05, 4.69) is 5.32 Å². The van der Waals surface area contributed by atoms with Crippen molar-refractivity contribution in [2.45, 2.75) is 29.2 Å². The molecule has 0 bridgehead atoms. The summed E-state index contributed by atoms with van der Waals surface area (Å²) in [4.78, 5) is 11.9. The van der Waals surface area contributed by atoms with E-state index >= 15 is 0 Å². The van der Waals surface area contributed by atoms with E-state index in [1.807, 2.05) is 0 Å². The Balaban J connectivity index is 1.67. The zero-order valence-corrected chi connectivity index (χ0v) is 17.0. The number of hydrogen-bond acceptors (Lipinski definition) is 6. The lowest BCUT2D eigenvalue weighted by Gasteiger charge is -2.30. The molecule has 2 heterocycles. The van der Waals surface area contributed by atoms with E-state index in [9.17, 15) is 21.6 Å². The van der Waals surface area contributed by atoms with Crippen LogP contribution in [0.15, 0.2) is 56.9 Å². The highest BCUT2D eigenvalue weighted by atomic mass is 32.2. The first-order valence-electron chi connectivity index (χ1n) is 8.79. The van der Waals surface area contributed by atoms with Crippen molar-refractivity contribution in [3.8, 4) is 0 Å². The van der Waals surface area contributed by atoms with E-state index in [1.165, 1.54) is 34.8 Å². The molecule has 152 valence electrons. The number of nitrogens with zero attached hydrogens (tertiary/aromatic N) is 1. The van der Waals surface area contributed by atoms with Gasteiger partial charge in [-0.1, -0.05) is 12.1 Å². The monoisotopic (exact) mass is 426 g/mol. The number of amides is 1. The Morgan fingerprint density at radius 2 is 1.71 bits per heavy atom. The van der Waals surface area contributed by atoms with Crippen LogP contribution in [0, 0.1) is 5.92 Å². The summed E-state index contributed by atoms with van der Waals surface area (Å²) in [6, 6.07) is 9.07. The van der Waals surface area contributed by atoms with Crippen LogP contribution in [0.4, 0.5) is 0 Å². The van der Waals surface area contributed by atoms with Crippen LogP contribution in [-0.4, -0.2) is 46.4 Å². The van der Waals surface area contributed by atoms with Gasteiger partial charge in [-0.2, -0.15) is 4.31 Å². The van der Waals surface area contributed by atoms with Gasteiger partial charge >= 0.3 is 0 Å². The minimum absolute atomic E-state index is 0.148. The fourth-order valence-electron chi connectivity index (χ4n) is 3.20. The number of benzene rings is 1. The molecule has 1 aliphatic heterocycles. The van der Waals surface area contributed by atoms with Crippen molar-refractivity contribution in [2.24, 2.45) is 5.92 Å². The molecule has 1 N–H and O–H groups in total. The Labute approximate surface area is 164 Å². The van der Waals surface area contributed by atoms with E-state index in [1.54, 1.807) is 12.1 Å². The molecule has 1 amide bonds. The Bertz CT molecular complexity index is 1040. The molecule has 28 heavy (non-hydrogen) atoms. The second kappa shape index (κ2) is 8.06. The number of hydrogen-bond donors (Lipinski definition) is 1. The van der Waals surface area contributed by atoms with Gasteiger partial charge in [0.2, 0.25) is 15.9 Å². The highest BCUT2D eigenvalue weighted by Crippen LogP contribution is 2.28. The number of rotatable bonds is 6. The van der Waals surface area contributed by atoms with Gasteiger partial charge in [-0.25, -0.2) is 16.8 Å². The molecule has 1 fully saturated rings. The number of carbonyl (C=O) groups excluding carboxylic acids is 1. The van der Waals surface area contributed by atoms with Gasteiger partial charge in [0, 0.05) is 25.3 Å². The third-order valence-electron chi connectivity index (χ3n) is 4.71. The molecule has 8 nitrogen and oxygen atoms in total. The summed E-state index contributed by atoms with van der Waals surface area (Å²) in [6.45, 7) is 0.588. The summed E-state index contributed by atoms with van der Waals surface area (Å²) in [7, 11) is -7.65. The van der Waals surface area contributed by atoms with E-state index < -0.39 is 19.9 Å². The van der Waals surface area contributed by atoms with Gasteiger partial charge in [0.15, 0.2) is 9.84 Å². The van der Waals surface area contributed by atoms with Crippen LogP contribution in [0.1, 0.15) is 18.6 Å². The predicted molar refractivity (Wildman–Crippen MR) is 102 cm³/mol. The molecule has 3 rings (SSSR count). The summed E-state index contributed by atoms with van der Waals surface area (Å²) in [5, 5.41) is 2.79. The summed E-state index contributed by atoms with van der Waals surface area (Å²) in [6.07, 6.45) is 3.24. The summed E-state index contributed by atoms with van der Waals surface area (Å²) < 4.78 is 56.2. The Kier molecular flexibility index (Phi) is 5.92. The molecule has 10 heteroatoms. The van der Waals surface area contributed by atoms with Crippen molar-refractivity contribution in [1.29, 1.82) is 0 Å². The Morgan fingerprint density at radius 3 is 2.29 bits per heavy atom. The normalized spacial score (nSPS) is 16.8. The lowest BCUT2D eigenvalue weighted by atomic mass is 9.97. The highest BCUT2D eigenvalue weighted by molar-refractivity contribution is 7.93. The number of carbonyl (C=O) groups is 1. The zero-order chi connectivity index (χ0) is 20.4. The molecule has 2 aromatic rings. The van der Waals surface area contributed by atoms with Crippen LogP contribution in [0.2, 0.25) is 0 Å². The number of nitrogens with one attached hydrogen (secondary N) is 1. The molecule has 1 saturated heterocycles. The molecule has 0 atom stereocenters. The largest absolute Gasteiger partial charge is 0.467 e. The van der Waals surface area contributed by atoms with E-state index in [-0.39, 0.29) is 41.3 Å². The molecule has 0 radical (unpaired) electrons. The molecule has 0 unspecified atom stereocenters. The van der Waals surface area contributed by atoms with Gasteiger partial charge in [-0.3, -0.25) is 4.79 Å².